The second-order valence-corrected chi connectivity index (χ2v) is 8.83. The van der Waals surface area contributed by atoms with Crippen molar-refractivity contribution < 1.29 is 19.8 Å². The fraction of sp³-hybridized carbons (Fsp3) is 0.765. The van der Waals surface area contributed by atoms with Crippen LogP contribution >= 0.6 is 23.5 Å². The molecule has 0 amide bonds. The Hall–Kier alpha value is -1.19. The molecule has 2 fully saturated rings. The number of aliphatic carboxylic acids is 2. The third-order valence-electron chi connectivity index (χ3n) is 4.75. The minimum Gasteiger partial charge on any atom is -0.473 e. The van der Waals surface area contributed by atoms with Crippen molar-refractivity contribution in [3.05, 3.63) is 5.69 Å². The van der Waals surface area contributed by atoms with Crippen LogP contribution in [-0.2, 0) is 9.59 Å². The number of hydrogen-bond acceptors (Lipinski definition) is 7. The van der Waals surface area contributed by atoms with Crippen LogP contribution in [0.2, 0.25) is 0 Å². The largest absolute Gasteiger partial charge is 0.473 e. The molecule has 2 aliphatic heterocycles. The minimum atomic E-state index is -1.82. The first-order chi connectivity index (χ1) is 12.4. The molecule has 146 valence electrons. The van der Waals surface area contributed by atoms with E-state index in [4.69, 9.17) is 19.8 Å². The number of nitrogens with zero attached hydrogens (tertiary/aromatic N) is 3. The summed E-state index contributed by atoms with van der Waals surface area (Å²) in [6.45, 7) is 8.40. The summed E-state index contributed by atoms with van der Waals surface area (Å²) in [5.41, 5.74) is 1.32. The second kappa shape index (κ2) is 10.2. The highest BCUT2D eigenvalue weighted by atomic mass is 32.2. The van der Waals surface area contributed by atoms with E-state index in [1.807, 2.05) is 11.8 Å². The summed E-state index contributed by atoms with van der Waals surface area (Å²) in [7, 11) is 0. The van der Waals surface area contributed by atoms with Gasteiger partial charge in [0.15, 0.2) is 0 Å². The molecule has 0 radical (unpaired) electrons. The fourth-order valence-corrected chi connectivity index (χ4v) is 5.23. The lowest BCUT2D eigenvalue weighted by Crippen LogP contribution is -2.25. The molecule has 3 unspecified atom stereocenters. The van der Waals surface area contributed by atoms with Crippen molar-refractivity contribution >= 4 is 35.4 Å². The lowest BCUT2D eigenvalue weighted by molar-refractivity contribution is -0.159. The van der Waals surface area contributed by atoms with Crippen molar-refractivity contribution in [2.24, 2.45) is 11.8 Å². The highest BCUT2D eigenvalue weighted by molar-refractivity contribution is 7.99. The molecule has 1 aromatic rings. The molecule has 9 heteroatoms. The normalized spacial score (nSPS) is 24.2. The van der Waals surface area contributed by atoms with E-state index >= 15 is 0 Å². The first kappa shape index (κ1) is 21.1. The van der Waals surface area contributed by atoms with Crippen molar-refractivity contribution in [3.8, 4) is 0 Å². The monoisotopic (exact) mass is 401 g/mol. The molecule has 0 spiro atoms. The van der Waals surface area contributed by atoms with E-state index in [2.05, 4.69) is 27.5 Å². The van der Waals surface area contributed by atoms with Crippen LogP contribution in [0.3, 0.4) is 0 Å². The number of piperidine rings is 1. The van der Waals surface area contributed by atoms with Crippen molar-refractivity contribution in [1.82, 2.24) is 13.6 Å². The van der Waals surface area contributed by atoms with Gasteiger partial charge in [-0.3, -0.25) is 0 Å². The van der Waals surface area contributed by atoms with Gasteiger partial charge in [0.1, 0.15) is 5.03 Å². The number of carboxylic acids is 2. The van der Waals surface area contributed by atoms with E-state index in [0.29, 0.717) is 5.92 Å². The molecule has 1 aromatic heterocycles. The van der Waals surface area contributed by atoms with Crippen molar-refractivity contribution in [2.45, 2.75) is 50.5 Å². The van der Waals surface area contributed by atoms with E-state index in [1.54, 1.807) is 0 Å². The molecule has 2 N–H and O–H groups in total. The predicted molar refractivity (Wildman–Crippen MR) is 102 cm³/mol. The van der Waals surface area contributed by atoms with Gasteiger partial charge in [-0.1, -0.05) is 20.3 Å². The van der Waals surface area contributed by atoms with Gasteiger partial charge in [0.25, 0.3) is 0 Å². The Balaban J connectivity index is 0.000000352. The van der Waals surface area contributed by atoms with Gasteiger partial charge in [-0.05, 0) is 43.4 Å². The van der Waals surface area contributed by atoms with Gasteiger partial charge >= 0.3 is 11.9 Å². The van der Waals surface area contributed by atoms with Crippen LogP contribution in [0.15, 0.2) is 5.03 Å². The maximum atomic E-state index is 9.10. The molecule has 0 aliphatic carbocycles. The standard InChI is InChI=1S/C15H25N3S2.C2H2O4/c1-11(2)5-4-8-19-15-14(16-20-17-15)13-10-18-7-3-6-12(13)9-18;3-1(4)2(5)6/h11-13H,3-10H2,1-2H3;(H,3,4)(H,5,6). The average Bonchev–Trinajstić information content (AvgIpc) is 3.15. The van der Waals surface area contributed by atoms with E-state index in [-0.39, 0.29) is 0 Å². The lowest BCUT2D eigenvalue weighted by Gasteiger charge is -2.21. The van der Waals surface area contributed by atoms with Crippen LogP contribution in [0, 0.1) is 11.8 Å². The van der Waals surface area contributed by atoms with Gasteiger partial charge in [-0.15, -0.1) is 11.8 Å². The van der Waals surface area contributed by atoms with Crippen LogP contribution in [0.25, 0.3) is 0 Å². The Labute approximate surface area is 162 Å². The Morgan fingerprint density at radius 2 is 2.00 bits per heavy atom. The molecule has 3 rings (SSSR count). The fourth-order valence-electron chi connectivity index (χ4n) is 3.50. The zero-order valence-electron chi connectivity index (χ0n) is 15.3. The van der Waals surface area contributed by atoms with Gasteiger partial charge in [-0.25, -0.2) is 9.59 Å². The Morgan fingerprint density at radius 1 is 1.27 bits per heavy atom. The topological polar surface area (TPSA) is 104 Å². The number of carbonyl (C=O) groups is 2. The second-order valence-electron chi connectivity index (χ2n) is 7.22. The quantitative estimate of drug-likeness (QED) is 0.426. The third-order valence-corrected chi connectivity index (χ3v) is 6.47. The van der Waals surface area contributed by atoms with Gasteiger partial charge in [-0.2, -0.15) is 8.75 Å². The number of fused-ring (bicyclic) bond motifs is 2. The van der Waals surface area contributed by atoms with E-state index in [1.165, 1.54) is 73.5 Å². The zero-order valence-corrected chi connectivity index (χ0v) is 16.9. The van der Waals surface area contributed by atoms with Gasteiger partial charge in [0.05, 0.1) is 17.4 Å². The molecule has 3 atom stereocenters. The SMILES string of the molecule is CC(C)CCCSc1nsnc1C1CN2CCCC1C2.O=C(O)C(=O)O. The van der Waals surface area contributed by atoms with Gasteiger partial charge in [0.2, 0.25) is 0 Å². The summed E-state index contributed by atoms with van der Waals surface area (Å²) in [6, 6.07) is 0. The molecule has 0 aromatic carbocycles. The van der Waals surface area contributed by atoms with Crippen molar-refractivity contribution in [1.29, 1.82) is 0 Å². The van der Waals surface area contributed by atoms with Gasteiger partial charge < -0.3 is 15.1 Å². The summed E-state index contributed by atoms with van der Waals surface area (Å²) in [4.78, 5) is 20.8. The smallest absolute Gasteiger partial charge is 0.414 e. The molecule has 26 heavy (non-hydrogen) atoms. The minimum absolute atomic E-state index is 0.656. The number of rotatable bonds is 6. The summed E-state index contributed by atoms with van der Waals surface area (Å²) >= 11 is 3.35. The molecule has 0 saturated carbocycles. The summed E-state index contributed by atoms with van der Waals surface area (Å²) in [5.74, 6) is -0.153. The van der Waals surface area contributed by atoms with E-state index in [9.17, 15) is 0 Å². The number of hydrogen-bond donors (Lipinski definition) is 2. The van der Waals surface area contributed by atoms with Crippen LogP contribution in [0.5, 0.6) is 0 Å². The molecule has 3 heterocycles. The van der Waals surface area contributed by atoms with Crippen LogP contribution in [-0.4, -0.2) is 61.2 Å². The van der Waals surface area contributed by atoms with Gasteiger partial charge in [0, 0.05) is 19.0 Å². The predicted octanol–water partition coefficient (Wildman–Crippen LogP) is 3.03. The number of carboxylic acid groups (broad SMARTS) is 2. The number of aromatic nitrogens is 2. The van der Waals surface area contributed by atoms with Crippen LogP contribution < -0.4 is 0 Å². The zero-order chi connectivity index (χ0) is 19.1. The first-order valence-electron chi connectivity index (χ1n) is 9.02. The van der Waals surface area contributed by atoms with E-state index < -0.39 is 11.9 Å². The van der Waals surface area contributed by atoms with Crippen LogP contribution in [0.1, 0.15) is 51.1 Å². The molecular formula is C17H27N3O4S2. The molecule has 2 bridgehead atoms. The average molecular weight is 402 g/mol. The maximum absolute atomic E-state index is 9.10. The summed E-state index contributed by atoms with van der Waals surface area (Å²) < 4.78 is 9.22. The van der Waals surface area contributed by atoms with Crippen LogP contribution in [0.4, 0.5) is 0 Å². The number of thioether (sulfide) groups is 1. The lowest BCUT2D eigenvalue weighted by atomic mass is 9.89. The summed E-state index contributed by atoms with van der Waals surface area (Å²) in [5, 5.41) is 16.0. The van der Waals surface area contributed by atoms with Crippen molar-refractivity contribution in [3.63, 3.8) is 0 Å². The Kier molecular flexibility index (Phi) is 8.30. The van der Waals surface area contributed by atoms with E-state index in [0.717, 1.165) is 11.8 Å². The van der Waals surface area contributed by atoms with Crippen molar-refractivity contribution in [2.75, 3.05) is 25.4 Å². The highest BCUT2D eigenvalue weighted by Gasteiger charge is 2.38. The molecule has 2 saturated heterocycles. The Bertz CT molecular complexity index is 597. The highest BCUT2D eigenvalue weighted by Crippen LogP contribution is 2.41. The third kappa shape index (κ3) is 6.21. The molecule has 2 aliphatic rings. The molecule has 7 nitrogen and oxygen atoms in total. The first-order valence-corrected chi connectivity index (χ1v) is 10.7. The summed E-state index contributed by atoms with van der Waals surface area (Å²) in [6.07, 6.45) is 5.37. The Morgan fingerprint density at radius 3 is 2.62 bits per heavy atom. The maximum Gasteiger partial charge on any atom is 0.414 e. The molecular weight excluding hydrogens is 374 g/mol.